The van der Waals surface area contributed by atoms with Crippen molar-refractivity contribution >= 4 is 5.91 Å². The van der Waals surface area contributed by atoms with Crippen LogP contribution < -0.4 is 0 Å². The number of allylic oxidation sites excluding steroid dienone is 1. The maximum atomic E-state index is 11.6. The van der Waals surface area contributed by atoms with Crippen molar-refractivity contribution in [2.75, 3.05) is 13.1 Å². The average molecular weight is 167 g/mol. The first-order chi connectivity index (χ1) is 5.66. The van der Waals surface area contributed by atoms with Gasteiger partial charge in [0.2, 0.25) is 5.91 Å². The maximum absolute atomic E-state index is 11.6. The third-order valence-corrected chi connectivity index (χ3v) is 2.63. The molecule has 0 unspecified atom stereocenters. The molecule has 1 aliphatic rings. The number of carbonyl (C=O) groups excluding carboxylic acids is 1. The fourth-order valence-electron chi connectivity index (χ4n) is 1.20. The first-order valence-electron chi connectivity index (χ1n) is 4.62. The van der Waals surface area contributed by atoms with Gasteiger partial charge in [-0.15, -0.1) is 0 Å². The van der Waals surface area contributed by atoms with Crippen LogP contribution in [0.3, 0.4) is 0 Å². The maximum Gasteiger partial charge on any atom is 0.249 e. The Morgan fingerprint density at radius 2 is 1.92 bits per heavy atom. The molecular weight excluding hydrogens is 150 g/mol. The third kappa shape index (κ3) is 1.68. The lowest BCUT2D eigenvalue weighted by atomic mass is 10.1. The lowest BCUT2D eigenvalue weighted by Gasteiger charge is -2.31. The minimum Gasteiger partial charge on any atom is -0.339 e. The van der Waals surface area contributed by atoms with E-state index in [4.69, 9.17) is 0 Å². The molecule has 0 aromatic heterocycles. The zero-order chi connectivity index (χ0) is 9.14. The first-order valence-corrected chi connectivity index (χ1v) is 4.62. The molecule has 68 valence electrons. The molecule has 0 aliphatic carbocycles. The summed E-state index contributed by atoms with van der Waals surface area (Å²) in [5.41, 5.74) is 2.16. The lowest BCUT2D eigenvalue weighted by molar-refractivity contribution is -0.130. The molecule has 0 saturated carbocycles. The van der Waals surface area contributed by atoms with Gasteiger partial charge in [0.25, 0.3) is 0 Å². The standard InChI is InChI=1S/C10H17NO/c1-4-8(2)9(3)10(12)11-6-5-7-11/h4-7H2,1-3H3/b9-8+. The summed E-state index contributed by atoms with van der Waals surface area (Å²) in [4.78, 5) is 13.5. The molecule has 0 N–H and O–H groups in total. The van der Waals surface area contributed by atoms with Crippen LogP contribution in [0.15, 0.2) is 11.1 Å². The van der Waals surface area contributed by atoms with Crippen LogP contribution in [-0.4, -0.2) is 23.9 Å². The van der Waals surface area contributed by atoms with Gasteiger partial charge in [-0.1, -0.05) is 12.5 Å². The lowest BCUT2D eigenvalue weighted by Crippen LogP contribution is -2.42. The number of nitrogens with zero attached hydrogens (tertiary/aromatic N) is 1. The molecule has 1 rings (SSSR count). The van der Waals surface area contributed by atoms with Crippen LogP contribution in [0.4, 0.5) is 0 Å². The highest BCUT2D eigenvalue weighted by atomic mass is 16.2. The Kier molecular flexibility index (Phi) is 2.90. The highest BCUT2D eigenvalue weighted by Gasteiger charge is 2.21. The van der Waals surface area contributed by atoms with Gasteiger partial charge in [0.1, 0.15) is 0 Å². The third-order valence-electron chi connectivity index (χ3n) is 2.63. The fourth-order valence-corrected chi connectivity index (χ4v) is 1.20. The highest BCUT2D eigenvalue weighted by Crippen LogP contribution is 2.14. The number of likely N-dealkylation sites (tertiary alicyclic amines) is 1. The SMILES string of the molecule is CC/C(C)=C(\C)C(=O)N1CCC1. The van der Waals surface area contributed by atoms with Crippen LogP contribution >= 0.6 is 0 Å². The van der Waals surface area contributed by atoms with E-state index >= 15 is 0 Å². The van der Waals surface area contributed by atoms with Crippen LogP contribution in [0.1, 0.15) is 33.6 Å². The first kappa shape index (κ1) is 9.30. The molecule has 1 fully saturated rings. The number of rotatable bonds is 2. The minimum atomic E-state index is 0.237. The van der Waals surface area contributed by atoms with Crippen LogP contribution in [0, 0.1) is 0 Å². The summed E-state index contributed by atoms with van der Waals surface area (Å²) in [6.45, 7) is 7.95. The predicted octanol–water partition coefficient (Wildman–Crippen LogP) is 1.97. The molecule has 0 aromatic carbocycles. The Balaban J connectivity index is 2.62. The van der Waals surface area contributed by atoms with Crippen molar-refractivity contribution in [1.82, 2.24) is 4.90 Å². The normalized spacial score (nSPS) is 18.4. The van der Waals surface area contributed by atoms with Crippen LogP contribution in [0.2, 0.25) is 0 Å². The number of hydrogen-bond acceptors (Lipinski definition) is 1. The van der Waals surface area contributed by atoms with Crippen molar-refractivity contribution in [1.29, 1.82) is 0 Å². The number of carbonyl (C=O) groups is 1. The van der Waals surface area contributed by atoms with Gasteiger partial charge in [0, 0.05) is 18.7 Å². The monoisotopic (exact) mass is 167 g/mol. The Labute approximate surface area is 74.2 Å². The summed E-state index contributed by atoms with van der Waals surface area (Å²) in [5, 5.41) is 0. The van der Waals surface area contributed by atoms with Crippen molar-refractivity contribution in [3.8, 4) is 0 Å². The second-order valence-electron chi connectivity index (χ2n) is 3.40. The molecule has 0 spiro atoms. The van der Waals surface area contributed by atoms with E-state index < -0.39 is 0 Å². The second-order valence-corrected chi connectivity index (χ2v) is 3.40. The zero-order valence-corrected chi connectivity index (χ0v) is 8.18. The van der Waals surface area contributed by atoms with Gasteiger partial charge in [-0.2, -0.15) is 0 Å². The van der Waals surface area contributed by atoms with E-state index in [-0.39, 0.29) is 5.91 Å². The topological polar surface area (TPSA) is 20.3 Å². The molecular formula is C10H17NO. The molecule has 12 heavy (non-hydrogen) atoms. The molecule has 1 saturated heterocycles. The molecule has 1 aliphatic heterocycles. The molecule has 0 radical (unpaired) electrons. The van der Waals surface area contributed by atoms with E-state index in [0.29, 0.717) is 0 Å². The van der Waals surface area contributed by atoms with Gasteiger partial charge in [-0.25, -0.2) is 0 Å². The van der Waals surface area contributed by atoms with Crippen LogP contribution in [0.25, 0.3) is 0 Å². The highest BCUT2D eigenvalue weighted by molar-refractivity contribution is 5.93. The fraction of sp³-hybridized carbons (Fsp3) is 0.700. The van der Waals surface area contributed by atoms with Gasteiger partial charge in [-0.3, -0.25) is 4.79 Å². The Bertz CT molecular complexity index is 214. The van der Waals surface area contributed by atoms with Gasteiger partial charge in [0.05, 0.1) is 0 Å². The van der Waals surface area contributed by atoms with Crippen molar-refractivity contribution in [3.05, 3.63) is 11.1 Å². The summed E-state index contributed by atoms with van der Waals surface area (Å²) in [6, 6.07) is 0. The number of amides is 1. The minimum absolute atomic E-state index is 0.237. The van der Waals surface area contributed by atoms with Crippen LogP contribution in [-0.2, 0) is 4.79 Å². The summed E-state index contributed by atoms with van der Waals surface area (Å²) in [5.74, 6) is 0.237. The van der Waals surface area contributed by atoms with Gasteiger partial charge >= 0.3 is 0 Å². The molecule has 0 bridgehead atoms. The summed E-state index contributed by atoms with van der Waals surface area (Å²) in [6.07, 6.45) is 2.15. The van der Waals surface area contributed by atoms with Crippen molar-refractivity contribution in [3.63, 3.8) is 0 Å². The number of hydrogen-bond donors (Lipinski definition) is 0. The van der Waals surface area contributed by atoms with Gasteiger partial charge in [-0.05, 0) is 26.7 Å². The Hall–Kier alpha value is -0.790. The van der Waals surface area contributed by atoms with Crippen molar-refractivity contribution in [2.24, 2.45) is 0 Å². The van der Waals surface area contributed by atoms with E-state index in [1.54, 1.807) is 0 Å². The molecule has 1 amide bonds. The summed E-state index contributed by atoms with van der Waals surface area (Å²) >= 11 is 0. The zero-order valence-electron chi connectivity index (χ0n) is 8.18. The van der Waals surface area contributed by atoms with E-state index in [1.165, 1.54) is 12.0 Å². The van der Waals surface area contributed by atoms with Crippen LogP contribution in [0.5, 0.6) is 0 Å². The Morgan fingerprint density at radius 3 is 2.25 bits per heavy atom. The molecule has 2 nitrogen and oxygen atoms in total. The van der Waals surface area contributed by atoms with E-state index in [2.05, 4.69) is 6.92 Å². The molecule has 2 heteroatoms. The average Bonchev–Trinajstić information content (AvgIpc) is 1.98. The van der Waals surface area contributed by atoms with E-state index in [9.17, 15) is 4.79 Å². The molecule has 0 atom stereocenters. The van der Waals surface area contributed by atoms with E-state index in [0.717, 1.165) is 25.1 Å². The largest absolute Gasteiger partial charge is 0.339 e. The summed E-state index contributed by atoms with van der Waals surface area (Å²) < 4.78 is 0. The second kappa shape index (κ2) is 3.74. The van der Waals surface area contributed by atoms with E-state index in [1.807, 2.05) is 18.7 Å². The summed E-state index contributed by atoms with van der Waals surface area (Å²) in [7, 11) is 0. The molecule has 1 heterocycles. The predicted molar refractivity (Wildman–Crippen MR) is 49.9 cm³/mol. The smallest absolute Gasteiger partial charge is 0.249 e. The molecule has 0 aromatic rings. The Morgan fingerprint density at radius 1 is 1.33 bits per heavy atom. The van der Waals surface area contributed by atoms with Crippen molar-refractivity contribution in [2.45, 2.75) is 33.6 Å². The quantitative estimate of drug-likeness (QED) is 0.576. The van der Waals surface area contributed by atoms with Crippen molar-refractivity contribution < 1.29 is 4.79 Å². The van der Waals surface area contributed by atoms with Gasteiger partial charge in [0.15, 0.2) is 0 Å². The van der Waals surface area contributed by atoms with Gasteiger partial charge < -0.3 is 4.90 Å².